The van der Waals surface area contributed by atoms with Gasteiger partial charge in [0, 0.05) is 56.4 Å². The molecule has 1 saturated heterocycles. The van der Waals surface area contributed by atoms with Crippen molar-refractivity contribution in [1.82, 2.24) is 20.1 Å². The number of likely N-dealkylation sites (N-methyl/N-ethyl adjacent to an activating group) is 1. The topological polar surface area (TPSA) is 34.3 Å². The molecular weight excluding hydrogens is 284 g/mol. The number of aromatic nitrogens is 1. The molecule has 0 bridgehead atoms. The molecule has 3 rings (SSSR count). The first-order valence-electron chi connectivity index (χ1n) is 8.96. The quantitative estimate of drug-likeness (QED) is 0.824. The van der Waals surface area contributed by atoms with Crippen LogP contribution in [0.25, 0.3) is 10.9 Å². The molecule has 1 aromatic heterocycles. The molecular formula is C19H30N4. The van der Waals surface area contributed by atoms with Gasteiger partial charge in [-0.15, -0.1) is 0 Å². The smallest absolute Gasteiger partial charge is 0.0457 e. The fraction of sp³-hybridized carbons (Fsp3) is 0.579. The van der Waals surface area contributed by atoms with Crippen LogP contribution < -0.4 is 5.32 Å². The Balaban J connectivity index is 1.41. The van der Waals surface area contributed by atoms with Gasteiger partial charge in [-0.05, 0) is 36.7 Å². The highest BCUT2D eigenvalue weighted by molar-refractivity contribution is 5.82. The Morgan fingerprint density at radius 1 is 1.13 bits per heavy atom. The molecule has 23 heavy (non-hydrogen) atoms. The predicted octanol–water partition coefficient (Wildman–Crippen LogP) is 2.53. The summed E-state index contributed by atoms with van der Waals surface area (Å²) >= 11 is 0. The van der Waals surface area contributed by atoms with Crippen molar-refractivity contribution in [3.05, 3.63) is 36.0 Å². The first-order valence-corrected chi connectivity index (χ1v) is 8.96. The van der Waals surface area contributed by atoms with Gasteiger partial charge in [0.1, 0.15) is 0 Å². The van der Waals surface area contributed by atoms with Gasteiger partial charge in [-0.3, -0.25) is 0 Å². The van der Waals surface area contributed by atoms with Crippen LogP contribution in [0.1, 0.15) is 19.4 Å². The first-order chi connectivity index (χ1) is 11.3. The summed E-state index contributed by atoms with van der Waals surface area (Å²) in [4.78, 5) is 8.44. The van der Waals surface area contributed by atoms with Crippen LogP contribution in [-0.2, 0) is 6.54 Å². The number of hydrogen-bond donors (Lipinski definition) is 2. The molecule has 1 unspecified atom stereocenters. The van der Waals surface area contributed by atoms with Crippen LogP contribution in [0.3, 0.4) is 0 Å². The number of nitrogens with one attached hydrogen (secondary N) is 2. The van der Waals surface area contributed by atoms with Gasteiger partial charge in [0.25, 0.3) is 0 Å². The fourth-order valence-corrected chi connectivity index (χ4v) is 3.55. The van der Waals surface area contributed by atoms with Crippen LogP contribution >= 0.6 is 0 Å². The molecule has 1 atom stereocenters. The molecule has 0 radical (unpaired) electrons. The second kappa shape index (κ2) is 7.95. The number of rotatable bonds is 7. The maximum Gasteiger partial charge on any atom is 0.0457 e. The molecule has 2 heterocycles. The normalized spacial score (nSPS) is 18.5. The lowest BCUT2D eigenvalue weighted by Crippen LogP contribution is -2.48. The molecule has 0 saturated carbocycles. The lowest BCUT2D eigenvalue weighted by molar-refractivity contribution is 0.124. The summed E-state index contributed by atoms with van der Waals surface area (Å²) in [6, 6.07) is 8.66. The molecule has 2 aromatic rings. The number of hydrogen-bond acceptors (Lipinski definition) is 3. The Hall–Kier alpha value is -1.36. The van der Waals surface area contributed by atoms with Gasteiger partial charge in [-0.2, -0.15) is 0 Å². The summed E-state index contributed by atoms with van der Waals surface area (Å²) < 4.78 is 0. The predicted molar refractivity (Wildman–Crippen MR) is 97.7 cm³/mol. The lowest BCUT2D eigenvalue weighted by Gasteiger charge is -2.35. The van der Waals surface area contributed by atoms with E-state index in [4.69, 9.17) is 0 Å². The highest BCUT2D eigenvalue weighted by atomic mass is 15.3. The summed E-state index contributed by atoms with van der Waals surface area (Å²) in [5.74, 6) is 0.689. The summed E-state index contributed by atoms with van der Waals surface area (Å²) in [6.45, 7) is 13.9. The van der Waals surface area contributed by atoms with Crippen molar-refractivity contribution in [2.45, 2.75) is 20.4 Å². The van der Waals surface area contributed by atoms with Crippen molar-refractivity contribution in [3.63, 3.8) is 0 Å². The zero-order chi connectivity index (χ0) is 16.1. The Morgan fingerprint density at radius 3 is 2.70 bits per heavy atom. The summed E-state index contributed by atoms with van der Waals surface area (Å²) in [6.07, 6.45) is 2.02. The standard InChI is InChI=1S/C19H30N4/c1-3-22-9-11-23(12-10-22)15-16(2)13-20-14-17-5-4-6-19-18(17)7-8-21-19/h4-8,16,20-21H,3,9-15H2,1-2H3. The van der Waals surface area contributed by atoms with Gasteiger partial charge >= 0.3 is 0 Å². The monoisotopic (exact) mass is 314 g/mol. The number of aromatic amines is 1. The van der Waals surface area contributed by atoms with E-state index in [-0.39, 0.29) is 0 Å². The van der Waals surface area contributed by atoms with Crippen molar-refractivity contribution in [2.75, 3.05) is 45.8 Å². The van der Waals surface area contributed by atoms with Crippen LogP contribution in [-0.4, -0.2) is 60.6 Å². The summed E-state index contributed by atoms with van der Waals surface area (Å²) in [5.41, 5.74) is 2.61. The van der Waals surface area contributed by atoms with Gasteiger partial charge in [-0.1, -0.05) is 26.0 Å². The highest BCUT2D eigenvalue weighted by Gasteiger charge is 2.17. The maximum atomic E-state index is 3.64. The third-order valence-corrected chi connectivity index (χ3v) is 4.98. The van der Waals surface area contributed by atoms with Crippen LogP contribution in [0.15, 0.2) is 30.5 Å². The molecule has 1 aliphatic rings. The van der Waals surface area contributed by atoms with E-state index in [1.54, 1.807) is 0 Å². The Bertz CT molecular complexity index is 598. The van der Waals surface area contributed by atoms with E-state index in [1.807, 2.05) is 6.20 Å². The van der Waals surface area contributed by atoms with Crippen molar-refractivity contribution in [1.29, 1.82) is 0 Å². The minimum absolute atomic E-state index is 0.689. The maximum absolute atomic E-state index is 3.64. The highest BCUT2D eigenvalue weighted by Crippen LogP contribution is 2.17. The molecule has 1 aromatic carbocycles. The van der Waals surface area contributed by atoms with Gasteiger partial charge in [0.05, 0.1) is 0 Å². The third kappa shape index (κ3) is 4.34. The lowest BCUT2D eigenvalue weighted by atomic mass is 10.1. The zero-order valence-electron chi connectivity index (χ0n) is 14.5. The van der Waals surface area contributed by atoms with Crippen molar-refractivity contribution in [3.8, 4) is 0 Å². The number of benzene rings is 1. The summed E-state index contributed by atoms with van der Waals surface area (Å²) in [7, 11) is 0. The number of nitrogens with zero attached hydrogens (tertiary/aromatic N) is 2. The largest absolute Gasteiger partial charge is 0.361 e. The SMILES string of the molecule is CCN1CCN(CC(C)CNCc2cccc3[nH]ccc23)CC1. The third-order valence-electron chi connectivity index (χ3n) is 4.98. The molecule has 0 aliphatic carbocycles. The van der Waals surface area contributed by atoms with Crippen molar-refractivity contribution in [2.24, 2.45) is 5.92 Å². The number of fused-ring (bicyclic) bond motifs is 1. The molecule has 4 nitrogen and oxygen atoms in total. The van der Waals surface area contributed by atoms with Crippen LogP contribution in [0, 0.1) is 5.92 Å². The average Bonchev–Trinajstić information content (AvgIpc) is 3.05. The van der Waals surface area contributed by atoms with E-state index >= 15 is 0 Å². The van der Waals surface area contributed by atoms with E-state index in [2.05, 4.69) is 58.2 Å². The Labute approximate surface area is 139 Å². The van der Waals surface area contributed by atoms with E-state index in [0.29, 0.717) is 5.92 Å². The molecule has 0 spiro atoms. The van der Waals surface area contributed by atoms with Crippen molar-refractivity contribution >= 4 is 10.9 Å². The molecule has 1 aliphatic heterocycles. The fourth-order valence-electron chi connectivity index (χ4n) is 3.55. The van der Waals surface area contributed by atoms with E-state index in [0.717, 1.165) is 13.1 Å². The first kappa shape index (κ1) is 16.5. The second-order valence-corrected chi connectivity index (χ2v) is 6.83. The molecule has 126 valence electrons. The molecule has 1 fully saturated rings. The van der Waals surface area contributed by atoms with Crippen molar-refractivity contribution < 1.29 is 0 Å². The van der Waals surface area contributed by atoms with Crippen LogP contribution in [0.4, 0.5) is 0 Å². The minimum Gasteiger partial charge on any atom is -0.361 e. The van der Waals surface area contributed by atoms with E-state index in [1.165, 1.54) is 55.7 Å². The van der Waals surface area contributed by atoms with Gasteiger partial charge in [-0.25, -0.2) is 0 Å². The van der Waals surface area contributed by atoms with E-state index < -0.39 is 0 Å². The van der Waals surface area contributed by atoms with E-state index in [9.17, 15) is 0 Å². The van der Waals surface area contributed by atoms with Gasteiger partial charge in [0.15, 0.2) is 0 Å². The van der Waals surface area contributed by atoms with Crippen LogP contribution in [0.5, 0.6) is 0 Å². The average molecular weight is 314 g/mol. The Kier molecular flexibility index (Phi) is 5.70. The number of H-pyrrole nitrogens is 1. The minimum atomic E-state index is 0.689. The van der Waals surface area contributed by atoms with Gasteiger partial charge in [0.2, 0.25) is 0 Å². The van der Waals surface area contributed by atoms with Gasteiger partial charge < -0.3 is 20.1 Å². The number of piperazine rings is 1. The molecule has 0 amide bonds. The molecule has 2 N–H and O–H groups in total. The Morgan fingerprint density at radius 2 is 1.91 bits per heavy atom. The summed E-state index contributed by atoms with van der Waals surface area (Å²) in [5, 5.41) is 4.98. The molecule has 4 heteroatoms. The second-order valence-electron chi connectivity index (χ2n) is 6.83. The zero-order valence-corrected chi connectivity index (χ0v) is 14.5. The van der Waals surface area contributed by atoms with Crippen LogP contribution in [0.2, 0.25) is 0 Å².